The summed E-state index contributed by atoms with van der Waals surface area (Å²) in [6.07, 6.45) is 11.1. The predicted octanol–water partition coefficient (Wildman–Crippen LogP) is 3.08. The highest BCUT2D eigenvalue weighted by Crippen LogP contribution is 2.23. The van der Waals surface area contributed by atoms with Crippen molar-refractivity contribution in [2.45, 2.75) is 26.7 Å². The molecule has 2 aromatic heterocycles. The molecule has 17 heavy (non-hydrogen) atoms. The highest BCUT2D eigenvalue weighted by atomic mass is 15.2. The van der Waals surface area contributed by atoms with E-state index in [1.807, 2.05) is 6.92 Å². The summed E-state index contributed by atoms with van der Waals surface area (Å²) in [6, 6.07) is 2.19. The number of allylic oxidation sites excluding steroid dienone is 4. The van der Waals surface area contributed by atoms with Gasteiger partial charge in [0.1, 0.15) is 5.82 Å². The van der Waals surface area contributed by atoms with E-state index >= 15 is 0 Å². The van der Waals surface area contributed by atoms with Gasteiger partial charge in [-0.05, 0) is 49.5 Å². The Morgan fingerprint density at radius 2 is 2.06 bits per heavy atom. The van der Waals surface area contributed by atoms with Crippen LogP contribution in [0.4, 0.5) is 0 Å². The third kappa shape index (κ3) is 1.68. The average molecular weight is 225 g/mol. The highest BCUT2D eigenvalue weighted by molar-refractivity contribution is 5.75. The summed E-state index contributed by atoms with van der Waals surface area (Å²) in [5.74, 6) is 0.935. The lowest BCUT2D eigenvalue weighted by Gasteiger charge is -2.09. The monoisotopic (exact) mass is 225 g/mol. The first-order valence-corrected chi connectivity index (χ1v) is 5.95. The van der Waals surface area contributed by atoms with Crippen LogP contribution in [0.15, 0.2) is 30.5 Å². The van der Waals surface area contributed by atoms with Gasteiger partial charge in [-0.15, -0.1) is 10.2 Å². The smallest absolute Gasteiger partial charge is 0.163 e. The molecule has 0 saturated carbocycles. The zero-order chi connectivity index (χ0) is 11.8. The Bertz CT molecular complexity index is 632. The number of hydrogen-bond donors (Lipinski definition) is 0. The molecule has 0 amide bonds. The van der Waals surface area contributed by atoms with Crippen LogP contribution in [0.5, 0.6) is 0 Å². The predicted molar refractivity (Wildman–Crippen MR) is 68.8 cm³/mol. The van der Waals surface area contributed by atoms with Gasteiger partial charge in [-0.2, -0.15) is 0 Å². The first-order valence-electron chi connectivity index (χ1n) is 5.95. The van der Waals surface area contributed by atoms with Crippen molar-refractivity contribution in [3.8, 4) is 0 Å². The van der Waals surface area contributed by atoms with Crippen LogP contribution in [0.1, 0.15) is 29.8 Å². The Hall–Kier alpha value is -1.90. The Balaban J connectivity index is 2.20. The molecule has 86 valence electrons. The van der Waals surface area contributed by atoms with Gasteiger partial charge in [-0.25, -0.2) is 0 Å². The quantitative estimate of drug-likeness (QED) is 0.746. The first kappa shape index (κ1) is 10.3. The Morgan fingerprint density at radius 3 is 2.82 bits per heavy atom. The zero-order valence-corrected chi connectivity index (χ0v) is 10.1. The van der Waals surface area contributed by atoms with E-state index in [1.165, 1.54) is 16.7 Å². The number of aromatic nitrogens is 3. The van der Waals surface area contributed by atoms with Crippen LogP contribution < -0.4 is 0 Å². The molecule has 1 aliphatic carbocycles. The van der Waals surface area contributed by atoms with E-state index in [0.717, 1.165) is 24.3 Å². The van der Waals surface area contributed by atoms with Gasteiger partial charge >= 0.3 is 0 Å². The first-order chi connectivity index (χ1) is 8.25. The second kappa shape index (κ2) is 3.84. The fourth-order valence-electron chi connectivity index (χ4n) is 2.25. The molecule has 0 unspecified atom stereocenters. The molecule has 0 radical (unpaired) electrons. The van der Waals surface area contributed by atoms with Crippen LogP contribution in [0, 0.1) is 13.8 Å². The zero-order valence-electron chi connectivity index (χ0n) is 10.1. The van der Waals surface area contributed by atoms with Crippen LogP contribution in [-0.2, 0) is 0 Å². The van der Waals surface area contributed by atoms with Gasteiger partial charge < -0.3 is 0 Å². The van der Waals surface area contributed by atoms with Crippen LogP contribution in [-0.4, -0.2) is 14.6 Å². The molecule has 3 nitrogen and oxygen atoms in total. The minimum Gasteiger partial charge on any atom is -0.286 e. The van der Waals surface area contributed by atoms with E-state index in [9.17, 15) is 0 Å². The Morgan fingerprint density at radius 1 is 1.18 bits per heavy atom. The lowest BCUT2D eigenvalue weighted by Crippen LogP contribution is -1.95. The SMILES string of the molecule is Cc1cc(C2=CCCC=C2)cn2c(C)nnc12. The van der Waals surface area contributed by atoms with Crippen molar-refractivity contribution in [3.63, 3.8) is 0 Å². The number of hydrogen-bond acceptors (Lipinski definition) is 2. The summed E-state index contributed by atoms with van der Waals surface area (Å²) in [7, 11) is 0. The summed E-state index contributed by atoms with van der Waals surface area (Å²) in [4.78, 5) is 0. The number of aryl methyl sites for hydroxylation is 2. The third-order valence-corrected chi connectivity index (χ3v) is 3.19. The topological polar surface area (TPSA) is 30.2 Å². The molecule has 0 N–H and O–H groups in total. The second-order valence-electron chi connectivity index (χ2n) is 4.49. The van der Waals surface area contributed by atoms with Gasteiger partial charge in [-0.3, -0.25) is 4.40 Å². The maximum atomic E-state index is 4.18. The van der Waals surface area contributed by atoms with Crippen molar-refractivity contribution < 1.29 is 0 Å². The number of nitrogens with zero attached hydrogens (tertiary/aromatic N) is 3. The average Bonchev–Trinajstić information content (AvgIpc) is 2.73. The van der Waals surface area contributed by atoms with Crippen molar-refractivity contribution >= 4 is 11.2 Å². The van der Waals surface area contributed by atoms with Crippen LogP contribution in [0.3, 0.4) is 0 Å². The Labute approximate surface area is 100 Å². The van der Waals surface area contributed by atoms with Crippen LogP contribution >= 0.6 is 0 Å². The van der Waals surface area contributed by atoms with E-state index in [-0.39, 0.29) is 0 Å². The largest absolute Gasteiger partial charge is 0.286 e. The molecule has 3 rings (SSSR count). The van der Waals surface area contributed by atoms with Crippen LogP contribution in [0.25, 0.3) is 11.2 Å². The summed E-state index contributed by atoms with van der Waals surface area (Å²) in [5.41, 5.74) is 4.66. The minimum absolute atomic E-state index is 0.935. The summed E-state index contributed by atoms with van der Waals surface area (Å²) in [6.45, 7) is 4.06. The van der Waals surface area contributed by atoms with E-state index in [1.54, 1.807) is 0 Å². The Kier molecular flexibility index (Phi) is 2.32. The van der Waals surface area contributed by atoms with Gasteiger partial charge in [0.15, 0.2) is 5.65 Å². The molecule has 2 heterocycles. The molecule has 0 atom stereocenters. The molecular formula is C14H15N3. The van der Waals surface area contributed by atoms with Crippen molar-refractivity contribution in [2.75, 3.05) is 0 Å². The summed E-state index contributed by atoms with van der Waals surface area (Å²) >= 11 is 0. The van der Waals surface area contributed by atoms with Crippen molar-refractivity contribution in [1.29, 1.82) is 0 Å². The van der Waals surface area contributed by atoms with Gasteiger partial charge in [-0.1, -0.05) is 18.2 Å². The maximum Gasteiger partial charge on any atom is 0.163 e. The second-order valence-corrected chi connectivity index (χ2v) is 4.49. The molecule has 2 aromatic rings. The maximum absolute atomic E-state index is 4.18. The van der Waals surface area contributed by atoms with Crippen molar-refractivity contribution in [2.24, 2.45) is 0 Å². The molecule has 0 bridgehead atoms. The van der Waals surface area contributed by atoms with Gasteiger partial charge in [0.05, 0.1) is 0 Å². The normalized spacial score (nSPS) is 15.3. The van der Waals surface area contributed by atoms with Gasteiger partial charge in [0.2, 0.25) is 0 Å². The summed E-state index contributed by atoms with van der Waals surface area (Å²) in [5, 5.41) is 8.30. The third-order valence-electron chi connectivity index (χ3n) is 3.19. The van der Waals surface area contributed by atoms with E-state index in [2.05, 4.69) is 52.0 Å². The summed E-state index contributed by atoms with van der Waals surface area (Å²) < 4.78 is 2.06. The highest BCUT2D eigenvalue weighted by Gasteiger charge is 2.08. The molecule has 3 heteroatoms. The van der Waals surface area contributed by atoms with Gasteiger partial charge in [0, 0.05) is 6.20 Å². The van der Waals surface area contributed by atoms with Gasteiger partial charge in [0.25, 0.3) is 0 Å². The lowest BCUT2D eigenvalue weighted by atomic mass is 10.00. The lowest BCUT2D eigenvalue weighted by molar-refractivity contribution is 1.00. The molecular weight excluding hydrogens is 210 g/mol. The van der Waals surface area contributed by atoms with E-state index < -0.39 is 0 Å². The fourth-order valence-corrected chi connectivity index (χ4v) is 2.25. The van der Waals surface area contributed by atoms with Crippen LogP contribution in [0.2, 0.25) is 0 Å². The molecule has 0 aromatic carbocycles. The minimum atomic E-state index is 0.935. The molecule has 0 saturated heterocycles. The molecule has 1 aliphatic rings. The number of fused-ring (bicyclic) bond motifs is 1. The molecule has 0 aliphatic heterocycles. The van der Waals surface area contributed by atoms with Crippen molar-refractivity contribution in [3.05, 3.63) is 47.4 Å². The number of pyridine rings is 1. The molecule has 0 fully saturated rings. The van der Waals surface area contributed by atoms with E-state index in [4.69, 9.17) is 0 Å². The number of rotatable bonds is 1. The fraction of sp³-hybridized carbons (Fsp3) is 0.286. The van der Waals surface area contributed by atoms with Crippen molar-refractivity contribution in [1.82, 2.24) is 14.6 Å². The molecule has 0 spiro atoms. The standard InChI is InChI=1S/C14H15N3/c1-10-8-13(12-6-4-3-5-7-12)9-17-11(2)15-16-14(10)17/h4,6-9H,3,5H2,1-2H3. The van der Waals surface area contributed by atoms with E-state index in [0.29, 0.717) is 0 Å².